The Morgan fingerprint density at radius 3 is 2.55 bits per heavy atom. The number of nitrogens with zero attached hydrogens (tertiary/aromatic N) is 1. The summed E-state index contributed by atoms with van der Waals surface area (Å²) in [6, 6.07) is 7.08. The molecule has 1 N–H and O–H groups in total. The molecule has 1 aromatic rings. The molecule has 0 atom stereocenters. The van der Waals surface area contributed by atoms with Gasteiger partial charge < -0.3 is 5.32 Å². The fraction of sp³-hybridized carbons (Fsp3) is 0.533. The summed E-state index contributed by atoms with van der Waals surface area (Å²) in [7, 11) is -3.17. The smallest absolute Gasteiger partial charge is 0.227 e. The lowest BCUT2D eigenvalue weighted by molar-refractivity contribution is -0.120. The van der Waals surface area contributed by atoms with Crippen molar-refractivity contribution in [2.24, 2.45) is 5.92 Å². The summed E-state index contributed by atoms with van der Waals surface area (Å²) >= 11 is 6.02. The number of benzene rings is 1. The lowest BCUT2D eigenvalue weighted by Gasteiger charge is -2.30. The Labute approximate surface area is 136 Å². The molecule has 122 valence electrons. The molecule has 5 nitrogen and oxygen atoms in total. The van der Waals surface area contributed by atoms with E-state index in [1.807, 2.05) is 6.92 Å². The van der Waals surface area contributed by atoms with E-state index in [-0.39, 0.29) is 17.6 Å². The van der Waals surface area contributed by atoms with E-state index in [4.69, 9.17) is 11.6 Å². The van der Waals surface area contributed by atoms with Crippen LogP contribution in [0.15, 0.2) is 24.3 Å². The molecule has 0 saturated carbocycles. The maximum Gasteiger partial charge on any atom is 0.227 e. The van der Waals surface area contributed by atoms with Crippen molar-refractivity contribution in [2.45, 2.75) is 26.2 Å². The predicted molar refractivity (Wildman–Crippen MR) is 88.5 cm³/mol. The number of carbonyl (C=O) groups excluding carboxylic acids is 1. The fourth-order valence-electron chi connectivity index (χ4n) is 2.58. The highest BCUT2D eigenvalue weighted by atomic mass is 35.5. The molecule has 1 heterocycles. The van der Waals surface area contributed by atoms with E-state index in [9.17, 15) is 13.2 Å². The number of anilines is 1. The summed E-state index contributed by atoms with van der Waals surface area (Å²) in [5, 5.41) is 3.32. The first-order chi connectivity index (χ1) is 10.4. The zero-order valence-electron chi connectivity index (χ0n) is 12.6. The van der Waals surface area contributed by atoms with E-state index in [0.717, 1.165) is 0 Å². The van der Waals surface area contributed by atoms with Crippen LogP contribution in [0.1, 0.15) is 26.2 Å². The Balaban J connectivity index is 1.92. The van der Waals surface area contributed by atoms with Gasteiger partial charge in [-0.05, 0) is 31.4 Å². The topological polar surface area (TPSA) is 66.5 Å². The van der Waals surface area contributed by atoms with Gasteiger partial charge in [-0.1, -0.05) is 30.7 Å². The van der Waals surface area contributed by atoms with Gasteiger partial charge in [0.15, 0.2) is 0 Å². The van der Waals surface area contributed by atoms with Crippen LogP contribution in [0.5, 0.6) is 0 Å². The lowest BCUT2D eigenvalue weighted by atomic mass is 9.97. The summed E-state index contributed by atoms with van der Waals surface area (Å²) in [5.41, 5.74) is 0.593. The van der Waals surface area contributed by atoms with Gasteiger partial charge in [0.25, 0.3) is 0 Å². The van der Waals surface area contributed by atoms with Crippen LogP contribution in [0.25, 0.3) is 0 Å². The maximum atomic E-state index is 12.3. The standard InChI is InChI=1S/C15H21ClN2O3S/c1-2-11-22(20,21)18-9-7-12(8-10-18)15(19)17-14-6-4-3-5-13(14)16/h3-6,12H,2,7-11H2,1H3,(H,17,19). The molecule has 2 rings (SSSR count). The van der Waals surface area contributed by atoms with Crippen LogP contribution in [-0.4, -0.2) is 37.5 Å². The van der Waals surface area contributed by atoms with Gasteiger partial charge in [0, 0.05) is 19.0 Å². The number of nitrogens with one attached hydrogen (secondary N) is 1. The van der Waals surface area contributed by atoms with E-state index >= 15 is 0 Å². The first-order valence-corrected chi connectivity index (χ1v) is 9.46. The summed E-state index contributed by atoms with van der Waals surface area (Å²) in [5.74, 6) is -0.103. The SMILES string of the molecule is CCCS(=O)(=O)N1CCC(C(=O)Nc2ccccc2Cl)CC1. The van der Waals surface area contributed by atoms with E-state index in [2.05, 4.69) is 5.32 Å². The first-order valence-electron chi connectivity index (χ1n) is 7.47. The number of carbonyl (C=O) groups is 1. The van der Waals surface area contributed by atoms with Crippen molar-refractivity contribution in [3.8, 4) is 0 Å². The van der Waals surface area contributed by atoms with Gasteiger partial charge in [0.05, 0.1) is 16.5 Å². The van der Waals surface area contributed by atoms with Crippen molar-refractivity contribution in [1.82, 2.24) is 4.31 Å². The van der Waals surface area contributed by atoms with Crippen molar-refractivity contribution >= 4 is 33.2 Å². The normalized spacial score (nSPS) is 17.4. The molecule has 0 aliphatic carbocycles. The largest absolute Gasteiger partial charge is 0.325 e. The third kappa shape index (κ3) is 4.21. The van der Waals surface area contributed by atoms with Crippen LogP contribution in [-0.2, 0) is 14.8 Å². The quantitative estimate of drug-likeness (QED) is 0.893. The fourth-order valence-corrected chi connectivity index (χ4v) is 4.30. The van der Waals surface area contributed by atoms with Crippen molar-refractivity contribution in [2.75, 3.05) is 24.2 Å². The van der Waals surface area contributed by atoms with Gasteiger partial charge in [0.2, 0.25) is 15.9 Å². The highest BCUT2D eigenvalue weighted by Crippen LogP contribution is 2.25. The molecule has 1 aromatic carbocycles. The lowest BCUT2D eigenvalue weighted by Crippen LogP contribution is -2.42. The highest BCUT2D eigenvalue weighted by Gasteiger charge is 2.30. The van der Waals surface area contributed by atoms with E-state index in [0.29, 0.717) is 43.1 Å². The number of hydrogen-bond acceptors (Lipinski definition) is 3. The number of amides is 1. The minimum absolute atomic E-state index is 0.0966. The Bertz CT molecular complexity index is 625. The van der Waals surface area contributed by atoms with E-state index in [1.165, 1.54) is 4.31 Å². The van der Waals surface area contributed by atoms with Crippen molar-refractivity contribution < 1.29 is 13.2 Å². The number of sulfonamides is 1. The van der Waals surface area contributed by atoms with E-state index in [1.54, 1.807) is 24.3 Å². The zero-order valence-corrected chi connectivity index (χ0v) is 14.2. The molecule has 1 fully saturated rings. The third-order valence-electron chi connectivity index (χ3n) is 3.81. The molecule has 1 amide bonds. The van der Waals surface area contributed by atoms with Crippen LogP contribution in [0.4, 0.5) is 5.69 Å². The molecule has 0 bridgehead atoms. The Hall–Kier alpha value is -1.11. The average molecular weight is 345 g/mol. The number of piperidine rings is 1. The monoisotopic (exact) mass is 344 g/mol. The summed E-state index contributed by atoms with van der Waals surface area (Å²) in [6.45, 7) is 2.66. The van der Waals surface area contributed by atoms with Crippen LogP contribution < -0.4 is 5.32 Å². The molecule has 1 saturated heterocycles. The molecule has 1 aliphatic rings. The molecule has 0 spiro atoms. The van der Waals surface area contributed by atoms with Gasteiger partial charge in [-0.15, -0.1) is 0 Å². The second kappa shape index (κ2) is 7.44. The molecular weight excluding hydrogens is 324 g/mol. The van der Waals surface area contributed by atoms with Crippen molar-refractivity contribution in [1.29, 1.82) is 0 Å². The van der Waals surface area contributed by atoms with Crippen molar-refractivity contribution in [3.63, 3.8) is 0 Å². The second-order valence-corrected chi connectivity index (χ2v) is 7.95. The molecule has 0 radical (unpaired) electrons. The molecule has 1 aliphatic heterocycles. The first kappa shape index (κ1) is 17.2. The predicted octanol–water partition coefficient (Wildman–Crippen LogP) is 2.73. The third-order valence-corrected chi connectivity index (χ3v) is 6.22. The van der Waals surface area contributed by atoms with Gasteiger partial charge in [-0.3, -0.25) is 4.79 Å². The Morgan fingerprint density at radius 1 is 1.32 bits per heavy atom. The molecule has 22 heavy (non-hydrogen) atoms. The highest BCUT2D eigenvalue weighted by molar-refractivity contribution is 7.89. The van der Waals surface area contributed by atoms with Crippen LogP contribution in [0, 0.1) is 5.92 Å². The van der Waals surface area contributed by atoms with Crippen LogP contribution in [0.3, 0.4) is 0 Å². The number of rotatable bonds is 5. The Kier molecular flexibility index (Phi) is 5.83. The molecule has 0 aromatic heterocycles. The summed E-state index contributed by atoms with van der Waals surface area (Å²) < 4.78 is 25.5. The summed E-state index contributed by atoms with van der Waals surface area (Å²) in [6.07, 6.45) is 1.69. The summed E-state index contributed by atoms with van der Waals surface area (Å²) in [4.78, 5) is 12.3. The van der Waals surface area contributed by atoms with Crippen molar-refractivity contribution in [3.05, 3.63) is 29.3 Å². The number of hydrogen-bond donors (Lipinski definition) is 1. The van der Waals surface area contributed by atoms with Crippen LogP contribution >= 0.6 is 11.6 Å². The number of para-hydroxylation sites is 1. The Morgan fingerprint density at radius 2 is 1.95 bits per heavy atom. The minimum Gasteiger partial charge on any atom is -0.325 e. The zero-order chi connectivity index (χ0) is 16.2. The molecular formula is C15H21ClN2O3S. The van der Waals surface area contributed by atoms with E-state index < -0.39 is 10.0 Å². The van der Waals surface area contributed by atoms with Gasteiger partial charge in [0.1, 0.15) is 0 Å². The number of halogens is 1. The molecule has 0 unspecified atom stereocenters. The molecule has 7 heteroatoms. The van der Waals surface area contributed by atoms with Gasteiger partial charge in [-0.2, -0.15) is 0 Å². The average Bonchev–Trinajstić information content (AvgIpc) is 2.49. The van der Waals surface area contributed by atoms with Gasteiger partial charge in [-0.25, -0.2) is 12.7 Å². The van der Waals surface area contributed by atoms with Gasteiger partial charge >= 0.3 is 0 Å². The maximum absolute atomic E-state index is 12.3. The minimum atomic E-state index is -3.17. The second-order valence-electron chi connectivity index (χ2n) is 5.46. The van der Waals surface area contributed by atoms with Crippen LogP contribution in [0.2, 0.25) is 5.02 Å².